The lowest BCUT2D eigenvalue weighted by Gasteiger charge is -2.10. The Bertz CT molecular complexity index is 1100. The molecule has 0 spiro atoms. The summed E-state index contributed by atoms with van der Waals surface area (Å²) in [4.78, 5) is 12.8. The molecular formula is C23H16Cl2O3. The second-order valence-corrected chi connectivity index (χ2v) is 7.27. The molecule has 3 nitrogen and oxygen atoms in total. The van der Waals surface area contributed by atoms with Crippen LogP contribution in [0.4, 0.5) is 0 Å². The maximum atomic E-state index is 12.8. The van der Waals surface area contributed by atoms with E-state index in [0.29, 0.717) is 33.7 Å². The highest BCUT2D eigenvalue weighted by molar-refractivity contribution is 6.32. The van der Waals surface area contributed by atoms with Crippen LogP contribution in [0, 0.1) is 6.92 Å². The van der Waals surface area contributed by atoms with E-state index in [4.69, 9.17) is 32.7 Å². The fourth-order valence-corrected chi connectivity index (χ4v) is 3.45. The minimum absolute atomic E-state index is 0.162. The number of Topliss-reactive ketones (excluding diaryl/α,β-unsaturated/α-hetero) is 1. The number of fused-ring (bicyclic) bond motifs is 1. The summed E-state index contributed by atoms with van der Waals surface area (Å²) in [6, 6.07) is 18.4. The molecule has 1 aliphatic rings. The van der Waals surface area contributed by atoms with Crippen LogP contribution in [0.25, 0.3) is 6.08 Å². The van der Waals surface area contributed by atoms with Gasteiger partial charge in [0.1, 0.15) is 18.1 Å². The SMILES string of the molecule is Cc1cc(OCc2ccccc2Cl)cc2c1C(=O)/C(=C/c1ccccc1Cl)O2. The van der Waals surface area contributed by atoms with E-state index in [0.717, 1.165) is 16.7 Å². The Morgan fingerprint density at radius 3 is 2.46 bits per heavy atom. The van der Waals surface area contributed by atoms with Crippen molar-refractivity contribution in [2.75, 3.05) is 0 Å². The summed E-state index contributed by atoms with van der Waals surface area (Å²) in [6.07, 6.45) is 1.66. The summed E-state index contributed by atoms with van der Waals surface area (Å²) in [6.45, 7) is 2.19. The van der Waals surface area contributed by atoms with Gasteiger partial charge in [0.25, 0.3) is 0 Å². The van der Waals surface area contributed by atoms with Crippen LogP contribution in [0.1, 0.15) is 27.0 Å². The van der Waals surface area contributed by atoms with Crippen molar-refractivity contribution in [3.8, 4) is 11.5 Å². The van der Waals surface area contributed by atoms with Crippen molar-refractivity contribution in [1.29, 1.82) is 0 Å². The van der Waals surface area contributed by atoms with Crippen LogP contribution in [-0.4, -0.2) is 5.78 Å². The van der Waals surface area contributed by atoms with E-state index in [9.17, 15) is 4.79 Å². The van der Waals surface area contributed by atoms with Gasteiger partial charge in [0.2, 0.25) is 5.78 Å². The fourth-order valence-electron chi connectivity index (χ4n) is 3.07. The molecule has 0 unspecified atom stereocenters. The average Bonchev–Trinajstić information content (AvgIpc) is 2.99. The van der Waals surface area contributed by atoms with Crippen molar-refractivity contribution in [2.45, 2.75) is 13.5 Å². The smallest absolute Gasteiger partial charge is 0.232 e. The lowest BCUT2D eigenvalue weighted by atomic mass is 10.0. The molecule has 0 amide bonds. The summed E-state index contributed by atoms with van der Waals surface area (Å²) in [5.74, 6) is 1.18. The van der Waals surface area contributed by atoms with Crippen molar-refractivity contribution in [2.24, 2.45) is 0 Å². The van der Waals surface area contributed by atoms with Crippen molar-refractivity contribution in [1.82, 2.24) is 0 Å². The first-order chi connectivity index (χ1) is 13.5. The highest BCUT2D eigenvalue weighted by Gasteiger charge is 2.30. The van der Waals surface area contributed by atoms with Crippen molar-refractivity contribution in [3.63, 3.8) is 0 Å². The number of carbonyl (C=O) groups is 1. The van der Waals surface area contributed by atoms with Crippen LogP contribution in [0.5, 0.6) is 11.5 Å². The van der Waals surface area contributed by atoms with Gasteiger partial charge in [-0.25, -0.2) is 0 Å². The standard InChI is InChI=1S/C23H16Cl2O3/c1-14-10-17(27-13-16-7-3-5-9-19(16)25)12-20-22(14)23(26)21(28-20)11-15-6-2-4-8-18(15)24/h2-12H,13H2,1H3/b21-11-. The van der Waals surface area contributed by atoms with Crippen LogP contribution in [0.2, 0.25) is 10.0 Å². The first kappa shape index (κ1) is 18.6. The monoisotopic (exact) mass is 410 g/mol. The number of hydrogen-bond acceptors (Lipinski definition) is 3. The van der Waals surface area contributed by atoms with Gasteiger partial charge < -0.3 is 9.47 Å². The van der Waals surface area contributed by atoms with Gasteiger partial charge in [-0.3, -0.25) is 4.79 Å². The van der Waals surface area contributed by atoms with E-state index in [1.165, 1.54) is 0 Å². The Morgan fingerprint density at radius 1 is 1.00 bits per heavy atom. The Morgan fingerprint density at radius 2 is 1.71 bits per heavy atom. The Kier molecular flexibility index (Phi) is 5.12. The maximum absolute atomic E-state index is 12.8. The number of carbonyl (C=O) groups excluding carboxylic acids is 1. The predicted molar refractivity (Wildman–Crippen MR) is 111 cm³/mol. The Labute approximate surface area is 173 Å². The molecular weight excluding hydrogens is 395 g/mol. The molecule has 0 aromatic heterocycles. The summed E-state index contributed by atoms with van der Waals surface area (Å²) < 4.78 is 11.7. The molecule has 5 heteroatoms. The minimum Gasteiger partial charge on any atom is -0.489 e. The third kappa shape index (κ3) is 3.64. The molecule has 4 rings (SSSR count). The van der Waals surface area contributed by atoms with Gasteiger partial charge in [-0.1, -0.05) is 59.6 Å². The van der Waals surface area contributed by atoms with Gasteiger partial charge in [-0.05, 0) is 42.3 Å². The van der Waals surface area contributed by atoms with Crippen LogP contribution in [0.3, 0.4) is 0 Å². The van der Waals surface area contributed by atoms with E-state index in [1.54, 1.807) is 18.2 Å². The van der Waals surface area contributed by atoms with Crippen molar-refractivity contribution >= 4 is 35.1 Å². The summed E-state index contributed by atoms with van der Waals surface area (Å²) >= 11 is 12.4. The van der Waals surface area contributed by atoms with E-state index in [2.05, 4.69) is 0 Å². The molecule has 140 valence electrons. The molecule has 0 saturated carbocycles. The van der Waals surface area contributed by atoms with E-state index >= 15 is 0 Å². The van der Waals surface area contributed by atoms with E-state index < -0.39 is 0 Å². The number of benzene rings is 3. The minimum atomic E-state index is -0.162. The Balaban J connectivity index is 1.60. The van der Waals surface area contributed by atoms with Gasteiger partial charge in [-0.15, -0.1) is 0 Å². The molecule has 0 bridgehead atoms. The van der Waals surface area contributed by atoms with E-state index in [1.807, 2.05) is 55.5 Å². The van der Waals surface area contributed by atoms with Gasteiger partial charge in [0.05, 0.1) is 5.56 Å². The zero-order chi connectivity index (χ0) is 19.7. The zero-order valence-corrected chi connectivity index (χ0v) is 16.6. The average molecular weight is 411 g/mol. The molecule has 0 aliphatic carbocycles. The normalized spacial score (nSPS) is 14.1. The van der Waals surface area contributed by atoms with Gasteiger partial charge in [-0.2, -0.15) is 0 Å². The number of halogens is 2. The molecule has 28 heavy (non-hydrogen) atoms. The molecule has 3 aromatic rings. The van der Waals surface area contributed by atoms with Gasteiger partial charge in [0, 0.05) is 21.7 Å². The van der Waals surface area contributed by atoms with Gasteiger partial charge >= 0.3 is 0 Å². The first-order valence-electron chi connectivity index (χ1n) is 8.72. The number of allylic oxidation sites excluding steroid dienone is 1. The molecule has 1 aliphatic heterocycles. The lowest BCUT2D eigenvalue weighted by Crippen LogP contribution is -2.00. The Hall–Kier alpha value is -2.75. The second kappa shape index (κ2) is 7.70. The van der Waals surface area contributed by atoms with Crippen molar-refractivity contribution < 1.29 is 14.3 Å². The van der Waals surface area contributed by atoms with Crippen LogP contribution in [0.15, 0.2) is 66.4 Å². The molecule has 3 aromatic carbocycles. The topological polar surface area (TPSA) is 35.5 Å². The van der Waals surface area contributed by atoms with Crippen molar-refractivity contribution in [3.05, 3.63) is 98.7 Å². The van der Waals surface area contributed by atoms with Crippen LogP contribution >= 0.6 is 23.2 Å². The fraction of sp³-hybridized carbons (Fsp3) is 0.0870. The summed E-state index contributed by atoms with van der Waals surface area (Å²) in [7, 11) is 0. The largest absolute Gasteiger partial charge is 0.489 e. The predicted octanol–water partition coefficient (Wildman–Crippen LogP) is 6.50. The lowest BCUT2D eigenvalue weighted by molar-refractivity contribution is 0.101. The third-order valence-corrected chi connectivity index (χ3v) is 5.20. The molecule has 0 fully saturated rings. The first-order valence-corrected chi connectivity index (χ1v) is 9.48. The third-order valence-electron chi connectivity index (χ3n) is 4.49. The summed E-state index contributed by atoms with van der Waals surface area (Å²) in [5.41, 5.74) is 2.95. The maximum Gasteiger partial charge on any atom is 0.232 e. The number of ether oxygens (including phenoxy) is 2. The summed E-state index contributed by atoms with van der Waals surface area (Å²) in [5, 5.41) is 1.21. The number of hydrogen-bond donors (Lipinski definition) is 0. The van der Waals surface area contributed by atoms with Gasteiger partial charge in [0.15, 0.2) is 5.76 Å². The number of rotatable bonds is 4. The molecule has 0 radical (unpaired) electrons. The number of aryl methyl sites for hydroxylation is 1. The quantitative estimate of drug-likeness (QED) is 0.460. The highest BCUT2D eigenvalue weighted by atomic mass is 35.5. The second-order valence-electron chi connectivity index (χ2n) is 6.45. The molecule has 0 atom stereocenters. The number of ketones is 1. The highest BCUT2D eigenvalue weighted by Crippen LogP contribution is 2.38. The van der Waals surface area contributed by atoms with Crippen LogP contribution < -0.4 is 9.47 Å². The molecule has 1 heterocycles. The van der Waals surface area contributed by atoms with E-state index in [-0.39, 0.29) is 11.5 Å². The molecule has 0 saturated heterocycles. The zero-order valence-electron chi connectivity index (χ0n) is 15.0. The molecule has 0 N–H and O–H groups in total. The van der Waals surface area contributed by atoms with Crippen LogP contribution in [-0.2, 0) is 6.61 Å².